The number of fused-ring (bicyclic) bond motifs is 1. The highest BCUT2D eigenvalue weighted by molar-refractivity contribution is 6.01. The van der Waals surface area contributed by atoms with Crippen LogP contribution in [0.2, 0.25) is 0 Å². The zero-order chi connectivity index (χ0) is 29.5. The Kier molecular flexibility index (Phi) is 8.58. The quantitative estimate of drug-likeness (QED) is 0.0988. The summed E-state index contributed by atoms with van der Waals surface area (Å²) < 4.78 is 5.47. The van der Waals surface area contributed by atoms with Gasteiger partial charge in [0.1, 0.15) is 18.3 Å². The predicted molar refractivity (Wildman–Crippen MR) is 151 cm³/mol. The second-order valence-corrected chi connectivity index (χ2v) is 9.07. The van der Waals surface area contributed by atoms with Crippen LogP contribution in [0, 0.1) is 0 Å². The van der Waals surface area contributed by atoms with E-state index >= 15 is 0 Å². The Morgan fingerprint density at radius 1 is 0.805 bits per heavy atom. The van der Waals surface area contributed by atoms with Gasteiger partial charge in [-0.25, -0.2) is 14.6 Å². The van der Waals surface area contributed by atoms with E-state index < -0.39 is 36.4 Å². The van der Waals surface area contributed by atoms with E-state index in [0.29, 0.717) is 22.0 Å². The molecule has 1 amide bonds. The number of ether oxygens (including phenoxy) is 1. The summed E-state index contributed by atoms with van der Waals surface area (Å²) in [6.07, 6.45) is -0.0610. The summed E-state index contributed by atoms with van der Waals surface area (Å²) in [4.78, 5) is 54.4. The minimum atomic E-state index is -1.40. The monoisotopic (exact) mass is 554 g/mol. The van der Waals surface area contributed by atoms with Crippen molar-refractivity contribution in [3.63, 3.8) is 0 Å². The number of nitrogens with zero attached hydrogens (tertiary/aromatic N) is 2. The minimum Gasteiger partial charge on any atom is -0.480 e. The zero-order valence-corrected chi connectivity index (χ0v) is 21.6. The van der Waals surface area contributed by atoms with Crippen molar-refractivity contribution in [1.29, 1.82) is 0 Å². The number of carboxylic acid groups (broad SMARTS) is 2. The van der Waals surface area contributed by atoms with Crippen LogP contribution < -0.4 is 16.2 Å². The number of carbonyl (C=O) groups excluding carboxylic acids is 2. The SMILES string of the molecule is NC(N)=Nc1ccc(C(=O)Oc2ccc3cc(C(=O)N(CC(=O)O)[C@@H](Cc4ccccc4)C(=O)O)ccc3c2)cc1. The highest BCUT2D eigenvalue weighted by atomic mass is 16.5. The molecular weight excluding hydrogens is 528 g/mol. The van der Waals surface area contributed by atoms with Crippen molar-refractivity contribution in [2.24, 2.45) is 16.5 Å². The molecule has 0 radical (unpaired) electrons. The van der Waals surface area contributed by atoms with Crippen LogP contribution in [0.15, 0.2) is 96.0 Å². The van der Waals surface area contributed by atoms with E-state index in [2.05, 4.69) is 4.99 Å². The molecule has 4 aromatic rings. The fraction of sp³-hybridized carbons (Fsp3) is 0.100. The van der Waals surface area contributed by atoms with Crippen LogP contribution in [0.5, 0.6) is 5.75 Å². The third-order valence-corrected chi connectivity index (χ3v) is 6.13. The number of carbonyl (C=O) groups is 4. The molecule has 1 atom stereocenters. The number of benzene rings is 4. The summed E-state index contributed by atoms with van der Waals surface area (Å²) in [5.74, 6) is -3.84. The standard InChI is InChI=1S/C30H26N4O7/c31-30(32)33-23-11-8-19(9-12-23)29(40)41-24-13-10-20-15-22(7-6-21(20)16-24)27(37)34(17-26(35)36)25(28(38)39)14-18-4-2-1-3-5-18/h1-13,15-16,25H,14,17H2,(H,35,36)(H,38,39)(H4,31,32,33)/t25-/m0/s1. The van der Waals surface area contributed by atoms with Crippen molar-refractivity contribution in [2.45, 2.75) is 12.5 Å². The minimum absolute atomic E-state index is 0.0610. The number of aliphatic imine (C=N–C) groups is 1. The Hall–Kier alpha value is -5.71. The molecule has 0 aliphatic heterocycles. The van der Waals surface area contributed by atoms with Crippen LogP contribution in [0.1, 0.15) is 26.3 Å². The molecule has 0 bridgehead atoms. The molecule has 4 aromatic carbocycles. The lowest BCUT2D eigenvalue weighted by Crippen LogP contribution is -2.48. The van der Waals surface area contributed by atoms with Gasteiger partial charge in [-0.1, -0.05) is 42.5 Å². The van der Waals surface area contributed by atoms with Gasteiger partial charge in [0, 0.05) is 12.0 Å². The molecule has 41 heavy (non-hydrogen) atoms. The molecular formula is C30H26N4O7. The van der Waals surface area contributed by atoms with Gasteiger partial charge in [-0.3, -0.25) is 9.59 Å². The van der Waals surface area contributed by atoms with E-state index in [1.807, 2.05) is 0 Å². The number of guanidine groups is 1. The normalized spacial score (nSPS) is 11.3. The van der Waals surface area contributed by atoms with Crippen molar-refractivity contribution in [3.8, 4) is 5.75 Å². The molecule has 0 fully saturated rings. The molecule has 11 heteroatoms. The van der Waals surface area contributed by atoms with Crippen LogP contribution in [0.25, 0.3) is 10.8 Å². The third kappa shape index (κ3) is 7.24. The lowest BCUT2D eigenvalue weighted by atomic mass is 10.0. The largest absolute Gasteiger partial charge is 0.480 e. The fourth-order valence-corrected chi connectivity index (χ4v) is 4.21. The maximum Gasteiger partial charge on any atom is 0.343 e. The number of nitrogens with two attached hydrogens (primary N) is 2. The Labute approximate surface area is 234 Å². The maximum atomic E-state index is 13.4. The number of aliphatic carboxylic acids is 2. The summed E-state index contributed by atoms with van der Waals surface area (Å²) in [6.45, 7) is -0.789. The van der Waals surface area contributed by atoms with Crippen LogP contribution in [-0.4, -0.2) is 57.5 Å². The molecule has 0 aliphatic carbocycles. The number of hydrogen-bond acceptors (Lipinski definition) is 6. The van der Waals surface area contributed by atoms with Crippen LogP contribution >= 0.6 is 0 Å². The topological polar surface area (TPSA) is 186 Å². The van der Waals surface area contributed by atoms with E-state index in [-0.39, 0.29) is 29.3 Å². The molecule has 4 rings (SSSR count). The Morgan fingerprint density at radius 2 is 1.44 bits per heavy atom. The van der Waals surface area contributed by atoms with Gasteiger partial charge in [-0.05, 0) is 64.9 Å². The molecule has 0 unspecified atom stereocenters. The van der Waals surface area contributed by atoms with E-state index in [1.54, 1.807) is 66.7 Å². The second-order valence-electron chi connectivity index (χ2n) is 9.07. The molecule has 0 saturated carbocycles. The molecule has 0 saturated heterocycles. The van der Waals surface area contributed by atoms with E-state index in [0.717, 1.165) is 4.90 Å². The van der Waals surface area contributed by atoms with Gasteiger partial charge >= 0.3 is 17.9 Å². The number of amides is 1. The van der Waals surface area contributed by atoms with Gasteiger partial charge in [0.05, 0.1) is 11.3 Å². The maximum absolute atomic E-state index is 13.4. The summed E-state index contributed by atoms with van der Waals surface area (Å²) in [5, 5.41) is 20.5. The van der Waals surface area contributed by atoms with Gasteiger partial charge in [0.15, 0.2) is 5.96 Å². The summed E-state index contributed by atoms with van der Waals surface area (Å²) in [5.41, 5.74) is 12.2. The van der Waals surface area contributed by atoms with Gasteiger partial charge in [-0.2, -0.15) is 0 Å². The molecule has 0 aromatic heterocycles. The van der Waals surface area contributed by atoms with Crippen molar-refractivity contribution in [2.75, 3.05) is 6.54 Å². The number of esters is 1. The molecule has 0 spiro atoms. The van der Waals surface area contributed by atoms with Crippen LogP contribution in [0.3, 0.4) is 0 Å². The van der Waals surface area contributed by atoms with Crippen molar-refractivity contribution < 1.29 is 34.1 Å². The Balaban J connectivity index is 1.55. The molecule has 208 valence electrons. The number of hydrogen-bond donors (Lipinski definition) is 4. The fourth-order valence-electron chi connectivity index (χ4n) is 4.21. The highest BCUT2D eigenvalue weighted by Crippen LogP contribution is 2.25. The highest BCUT2D eigenvalue weighted by Gasteiger charge is 2.32. The van der Waals surface area contributed by atoms with Crippen LogP contribution in [-0.2, 0) is 16.0 Å². The van der Waals surface area contributed by atoms with E-state index in [1.165, 1.54) is 24.3 Å². The molecule has 0 heterocycles. The van der Waals surface area contributed by atoms with E-state index in [9.17, 15) is 29.4 Å². The van der Waals surface area contributed by atoms with Gasteiger partial charge < -0.3 is 31.3 Å². The summed E-state index contributed by atoms with van der Waals surface area (Å²) >= 11 is 0. The van der Waals surface area contributed by atoms with E-state index in [4.69, 9.17) is 16.2 Å². The van der Waals surface area contributed by atoms with Crippen LogP contribution in [0.4, 0.5) is 5.69 Å². The average Bonchev–Trinajstić information content (AvgIpc) is 2.94. The van der Waals surface area contributed by atoms with Crippen molar-refractivity contribution in [1.82, 2.24) is 4.90 Å². The summed E-state index contributed by atoms with van der Waals surface area (Å²) in [6, 6.07) is 22.8. The number of rotatable bonds is 10. The molecule has 6 N–H and O–H groups in total. The predicted octanol–water partition coefficient (Wildman–Crippen LogP) is 3.19. The second kappa shape index (κ2) is 12.4. The first-order valence-electron chi connectivity index (χ1n) is 12.4. The molecule has 0 aliphatic rings. The zero-order valence-electron chi connectivity index (χ0n) is 21.6. The van der Waals surface area contributed by atoms with Gasteiger partial charge in [0.25, 0.3) is 5.91 Å². The molecule has 11 nitrogen and oxygen atoms in total. The van der Waals surface area contributed by atoms with Crippen molar-refractivity contribution in [3.05, 3.63) is 108 Å². The van der Waals surface area contributed by atoms with Crippen molar-refractivity contribution >= 4 is 46.2 Å². The Morgan fingerprint density at radius 3 is 2.07 bits per heavy atom. The first-order chi connectivity index (χ1) is 19.6. The first kappa shape index (κ1) is 28.3. The first-order valence-corrected chi connectivity index (χ1v) is 12.4. The summed E-state index contributed by atoms with van der Waals surface area (Å²) in [7, 11) is 0. The smallest absolute Gasteiger partial charge is 0.343 e. The average molecular weight is 555 g/mol. The third-order valence-electron chi connectivity index (χ3n) is 6.13. The lowest BCUT2D eigenvalue weighted by Gasteiger charge is -2.28. The van der Waals surface area contributed by atoms with Gasteiger partial charge in [-0.15, -0.1) is 0 Å². The van der Waals surface area contributed by atoms with Gasteiger partial charge in [0.2, 0.25) is 0 Å². The Bertz CT molecular complexity index is 1630. The lowest BCUT2D eigenvalue weighted by molar-refractivity contribution is -0.144. The number of carboxylic acids is 2.